The van der Waals surface area contributed by atoms with Crippen molar-refractivity contribution < 1.29 is 28.5 Å². The van der Waals surface area contributed by atoms with Crippen LogP contribution in [0.2, 0.25) is 0 Å². The molecule has 2 N–H and O–H groups in total. The first-order valence-electron chi connectivity index (χ1n) is 10.6. The van der Waals surface area contributed by atoms with Gasteiger partial charge in [-0.05, 0) is 36.2 Å². The predicted octanol–water partition coefficient (Wildman–Crippen LogP) is 3.95. The number of rotatable bonds is 8. The van der Waals surface area contributed by atoms with Gasteiger partial charge in [0.1, 0.15) is 17.5 Å². The molecule has 0 spiro atoms. The second-order valence-electron chi connectivity index (χ2n) is 7.89. The van der Waals surface area contributed by atoms with Crippen LogP contribution in [0.15, 0.2) is 41.8 Å². The van der Waals surface area contributed by atoms with E-state index in [1.165, 1.54) is 25.6 Å². The summed E-state index contributed by atoms with van der Waals surface area (Å²) in [5.41, 5.74) is 1.88. The third-order valence-electron chi connectivity index (χ3n) is 5.25. The number of benzene rings is 2. The van der Waals surface area contributed by atoms with Crippen LogP contribution in [0.4, 0.5) is 5.13 Å². The van der Waals surface area contributed by atoms with Crippen molar-refractivity contribution in [2.45, 2.75) is 19.9 Å². The highest BCUT2D eigenvalue weighted by atomic mass is 32.1. The minimum Gasteiger partial charge on any atom is -0.497 e. The first-order chi connectivity index (χ1) is 16.4. The van der Waals surface area contributed by atoms with Crippen LogP contribution in [0.5, 0.6) is 23.0 Å². The van der Waals surface area contributed by atoms with Crippen LogP contribution in [0.3, 0.4) is 0 Å². The summed E-state index contributed by atoms with van der Waals surface area (Å²) in [6, 6.07) is 9.63. The molecule has 2 heterocycles. The van der Waals surface area contributed by atoms with Gasteiger partial charge in [0.25, 0.3) is 5.91 Å². The van der Waals surface area contributed by atoms with Crippen molar-refractivity contribution in [2.75, 3.05) is 26.3 Å². The van der Waals surface area contributed by atoms with Crippen LogP contribution < -0.4 is 29.6 Å². The lowest BCUT2D eigenvalue weighted by molar-refractivity contribution is -0.118. The van der Waals surface area contributed by atoms with Crippen molar-refractivity contribution in [1.29, 1.82) is 0 Å². The van der Waals surface area contributed by atoms with E-state index in [-0.39, 0.29) is 18.6 Å². The van der Waals surface area contributed by atoms with E-state index in [0.717, 1.165) is 5.56 Å². The summed E-state index contributed by atoms with van der Waals surface area (Å²) in [6.45, 7) is 3.91. The molecule has 1 aromatic heterocycles. The van der Waals surface area contributed by atoms with Gasteiger partial charge in [0.2, 0.25) is 12.7 Å². The summed E-state index contributed by atoms with van der Waals surface area (Å²) < 4.78 is 21.2. The van der Waals surface area contributed by atoms with E-state index in [1.807, 2.05) is 37.4 Å². The van der Waals surface area contributed by atoms with Gasteiger partial charge in [-0.2, -0.15) is 0 Å². The molecule has 2 amide bonds. The van der Waals surface area contributed by atoms with Gasteiger partial charge in [-0.25, -0.2) is 4.98 Å². The summed E-state index contributed by atoms with van der Waals surface area (Å²) in [6.07, 6.45) is 0. The van der Waals surface area contributed by atoms with E-state index in [1.54, 1.807) is 18.2 Å². The van der Waals surface area contributed by atoms with Crippen molar-refractivity contribution in [3.63, 3.8) is 0 Å². The largest absolute Gasteiger partial charge is 0.497 e. The number of ether oxygens (including phenoxy) is 4. The molecule has 2 aromatic carbocycles. The van der Waals surface area contributed by atoms with Crippen LogP contribution in [-0.2, 0) is 4.79 Å². The fraction of sp³-hybridized carbons (Fsp3) is 0.292. The average molecular weight is 484 g/mol. The van der Waals surface area contributed by atoms with E-state index in [4.69, 9.17) is 18.9 Å². The van der Waals surface area contributed by atoms with Crippen molar-refractivity contribution in [2.24, 2.45) is 5.92 Å². The third-order valence-corrected chi connectivity index (χ3v) is 6.01. The Bertz CT molecular complexity index is 1190. The Morgan fingerprint density at radius 1 is 1.03 bits per heavy atom. The Morgan fingerprint density at radius 2 is 1.74 bits per heavy atom. The number of thiazole rings is 1. The number of nitrogens with zero attached hydrogens (tertiary/aromatic N) is 1. The number of hydrogen-bond donors (Lipinski definition) is 2. The molecule has 0 aliphatic carbocycles. The lowest BCUT2D eigenvalue weighted by Crippen LogP contribution is -2.47. The molecule has 3 aromatic rings. The number of methoxy groups -OCH3 is 2. The maximum Gasteiger partial charge on any atom is 0.252 e. The maximum absolute atomic E-state index is 13.0. The molecule has 178 valence electrons. The topological polar surface area (TPSA) is 108 Å². The molecular weight excluding hydrogens is 458 g/mol. The third kappa shape index (κ3) is 5.07. The minimum atomic E-state index is -0.775. The Kier molecular flexibility index (Phi) is 6.87. The molecule has 0 fully saturated rings. The summed E-state index contributed by atoms with van der Waals surface area (Å²) in [7, 11) is 3.01. The van der Waals surface area contributed by atoms with Gasteiger partial charge >= 0.3 is 0 Å². The van der Waals surface area contributed by atoms with Crippen LogP contribution in [-0.4, -0.2) is 43.9 Å². The zero-order valence-electron chi connectivity index (χ0n) is 19.2. The molecule has 1 atom stereocenters. The molecule has 0 saturated carbocycles. The zero-order valence-corrected chi connectivity index (χ0v) is 20.0. The van der Waals surface area contributed by atoms with Crippen LogP contribution in [0, 0.1) is 5.92 Å². The molecule has 34 heavy (non-hydrogen) atoms. The molecular formula is C24H25N3O6S. The molecule has 4 rings (SSSR count). The summed E-state index contributed by atoms with van der Waals surface area (Å²) >= 11 is 1.30. The smallest absolute Gasteiger partial charge is 0.252 e. The highest BCUT2D eigenvalue weighted by Crippen LogP contribution is 2.36. The van der Waals surface area contributed by atoms with E-state index in [9.17, 15) is 9.59 Å². The van der Waals surface area contributed by atoms with Gasteiger partial charge in [0, 0.05) is 22.6 Å². The Morgan fingerprint density at radius 3 is 2.41 bits per heavy atom. The molecule has 1 unspecified atom stereocenters. The summed E-state index contributed by atoms with van der Waals surface area (Å²) in [4.78, 5) is 30.4. The Hall–Kier alpha value is -3.79. The highest BCUT2D eigenvalue weighted by molar-refractivity contribution is 7.14. The number of hydrogen-bond acceptors (Lipinski definition) is 8. The van der Waals surface area contributed by atoms with Gasteiger partial charge in [-0.1, -0.05) is 13.8 Å². The molecule has 10 heteroatoms. The standard InChI is InChI=1S/C24H25N3O6S/c1-13(2)21(26-22(28)15-7-16(30-3)10-17(8-15)31-4)23(29)27-24-25-18(11-34-24)14-5-6-19-20(9-14)33-12-32-19/h5-11,13,21H,12H2,1-4H3,(H,26,28)(H,25,27,29). The Balaban J connectivity index is 1.46. The number of amides is 2. The average Bonchev–Trinajstić information content (AvgIpc) is 3.50. The minimum absolute atomic E-state index is 0.162. The van der Waals surface area contributed by atoms with Crippen molar-refractivity contribution in [1.82, 2.24) is 10.3 Å². The molecule has 1 aliphatic rings. The lowest BCUT2D eigenvalue weighted by atomic mass is 10.0. The maximum atomic E-state index is 13.0. The van der Waals surface area contributed by atoms with E-state index >= 15 is 0 Å². The Labute approximate surface area is 201 Å². The van der Waals surface area contributed by atoms with Crippen LogP contribution in [0.25, 0.3) is 11.3 Å². The molecule has 0 radical (unpaired) electrons. The monoisotopic (exact) mass is 483 g/mol. The lowest BCUT2D eigenvalue weighted by Gasteiger charge is -2.21. The van der Waals surface area contributed by atoms with Crippen LogP contribution >= 0.6 is 11.3 Å². The SMILES string of the molecule is COc1cc(OC)cc(C(=O)NC(C(=O)Nc2nc(-c3ccc4c(c3)OCO4)cs2)C(C)C)c1. The molecule has 1 aliphatic heterocycles. The second-order valence-corrected chi connectivity index (χ2v) is 8.75. The van der Waals surface area contributed by atoms with E-state index < -0.39 is 11.9 Å². The fourth-order valence-electron chi connectivity index (χ4n) is 3.40. The quantitative estimate of drug-likeness (QED) is 0.499. The number of carbonyl (C=O) groups is 2. The molecule has 0 saturated heterocycles. The van der Waals surface area contributed by atoms with E-state index in [2.05, 4.69) is 15.6 Å². The first-order valence-corrected chi connectivity index (χ1v) is 11.5. The second kappa shape index (κ2) is 10.0. The number of fused-ring (bicyclic) bond motifs is 1. The van der Waals surface area contributed by atoms with Gasteiger partial charge in [-0.15, -0.1) is 11.3 Å². The number of nitrogens with one attached hydrogen (secondary N) is 2. The number of aromatic nitrogens is 1. The highest BCUT2D eigenvalue weighted by Gasteiger charge is 2.26. The van der Waals surface area contributed by atoms with Crippen molar-refractivity contribution in [3.8, 4) is 34.3 Å². The summed E-state index contributed by atoms with van der Waals surface area (Å²) in [5.74, 6) is 1.38. The number of anilines is 1. The fourth-order valence-corrected chi connectivity index (χ4v) is 4.12. The summed E-state index contributed by atoms with van der Waals surface area (Å²) in [5, 5.41) is 7.90. The van der Waals surface area contributed by atoms with E-state index in [0.29, 0.717) is 39.4 Å². The molecule has 9 nitrogen and oxygen atoms in total. The van der Waals surface area contributed by atoms with Crippen molar-refractivity contribution >= 4 is 28.3 Å². The van der Waals surface area contributed by atoms with Gasteiger partial charge < -0.3 is 29.6 Å². The first kappa shape index (κ1) is 23.4. The van der Waals surface area contributed by atoms with Crippen molar-refractivity contribution in [3.05, 3.63) is 47.3 Å². The zero-order chi connectivity index (χ0) is 24.2. The van der Waals surface area contributed by atoms with Gasteiger partial charge in [-0.3, -0.25) is 9.59 Å². The predicted molar refractivity (Wildman–Crippen MR) is 128 cm³/mol. The molecule has 0 bridgehead atoms. The normalized spacial score (nSPS) is 12.9. The van der Waals surface area contributed by atoms with Gasteiger partial charge in [0.05, 0.1) is 19.9 Å². The van der Waals surface area contributed by atoms with Gasteiger partial charge in [0.15, 0.2) is 16.6 Å². The van der Waals surface area contributed by atoms with Crippen LogP contribution in [0.1, 0.15) is 24.2 Å². The number of carbonyl (C=O) groups excluding carboxylic acids is 2.